The van der Waals surface area contributed by atoms with E-state index in [9.17, 15) is 14.4 Å². The minimum absolute atomic E-state index is 0.0426. The Balaban J connectivity index is 1.13. The summed E-state index contributed by atoms with van der Waals surface area (Å²) in [5, 5.41) is 16.0. The zero-order chi connectivity index (χ0) is 23.9. The number of carbonyl (C=O) groups is 3. The number of nitrogens with one attached hydrogen (secondary N) is 2. The fourth-order valence-electron chi connectivity index (χ4n) is 8.81. The minimum Gasteiger partial charge on any atom is -0.323 e. The van der Waals surface area contributed by atoms with Gasteiger partial charge in [-0.3, -0.25) is 19.8 Å². The SMILES string of the molecule is CC1CC(C)(C)CC2(C1)NC(=O)N(CC(=O)Nc1nnc(C34CC5CC(CC(C5)C3)C4)s1)C2=O. The Bertz CT molecular complexity index is 1020. The molecule has 8 nitrogen and oxygen atoms in total. The van der Waals surface area contributed by atoms with Gasteiger partial charge in [-0.05, 0) is 86.9 Å². The van der Waals surface area contributed by atoms with E-state index in [1.54, 1.807) is 0 Å². The number of rotatable bonds is 4. The van der Waals surface area contributed by atoms with Gasteiger partial charge in [0, 0.05) is 5.41 Å². The van der Waals surface area contributed by atoms with Crippen LogP contribution in [-0.2, 0) is 15.0 Å². The van der Waals surface area contributed by atoms with E-state index in [1.165, 1.54) is 49.9 Å². The van der Waals surface area contributed by atoms with E-state index < -0.39 is 17.5 Å². The number of amides is 4. The Kier molecular flexibility index (Phi) is 4.94. The van der Waals surface area contributed by atoms with Crippen LogP contribution in [0.2, 0.25) is 0 Å². The predicted molar refractivity (Wildman–Crippen MR) is 128 cm³/mol. The van der Waals surface area contributed by atoms with Gasteiger partial charge in [-0.25, -0.2) is 4.79 Å². The Morgan fingerprint density at radius 1 is 1.06 bits per heavy atom. The predicted octanol–water partition coefficient (Wildman–Crippen LogP) is 4.08. The number of nitrogens with zero attached hydrogens (tertiary/aromatic N) is 3. The van der Waals surface area contributed by atoms with Gasteiger partial charge in [-0.15, -0.1) is 10.2 Å². The second-order valence-corrected chi connectivity index (χ2v) is 13.9. The molecule has 1 aromatic rings. The van der Waals surface area contributed by atoms with E-state index in [4.69, 9.17) is 0 Å². The van der Waals surface area contributed by atoms with Crippen molar-refractivity contribution in [3.8, 4) is 0 Å². The first-order chi connectivity index (χ1) is 16.0. The molecule has 7 rings (SSSR count). The molecule has 34 heavy (non-hydrogen) atoms. The van der Waals surface area contributed by atoms with Crippen molar-refractivity contribution >= 4 is 34.3 Å². The Labute approximate surface area is 204 Å². The lowest BCUT2D eigenvalue weighted by molar-refractivity contribution is -0.136. The summed E-state index contributed by atoms with van der Waals surface area (Å²) >= 11 is 1.47. The van der Waals surface area contributed by atoms with Crippen LogP contribution in [0.3, 0.4) is 0 Å². The van der Waals surface area contributed by atoms with E-state index >= 15 is 0 Å². The van der Waals surface area contributed by atoms with E-state index in [0.29, 0.717) is 23.9 Å². The van der Waals surface area contributed by atoms with Crippen LogP contribution in [-0.4, -0.2) is 45.0 Å². The number of imide groups is 1. The Hall–Kier alpha value is -2.03. The third-order valence-electron chi connectivity index (χ3n) is 9.09. The van der Waals surface area contributed by atoms with Gasteiger partial charge in [0.05, 0.1) is 0 Å². The van der Waals surface area contributed by atoms with Crippen molar-refractivity contribution in [2.45, 2.75) is 89.5 Å². The lowest BCUT2D eigenvalue weighted by Crippen LogP contribution is -2.54. The van der Waals surface area contributed by atoms with Crippen molar-refractivity contribution in [3.63, 3.8) is 0 Å². The third kappa shape index (κ3) is 3.65. The molecule has 6 aliphatic rings. The van der Waals surface area contributed by atoms with E-state index in [0.717, 1.165) is 34.1 Å². The summed E-state index contributed by atoms with van der Waals surface area (Å²) in [6.45, 7) is 6.09. The van der Waals surface area contributed by atoms with Gasteiger partial charge in [0.15, 0.2) is 0 Å². The molecule has 4 bridgehead atoms. The van der Waals surface area contributed by atoms with Crippen LogP contribution in [0.1, 0.15) is 83.6 Å². The van der Waals surface area contributed by atoms with Gasteiger partial charge in [0.25, 0.3) is 5.91 Å². The fourth-order valence-corrected chi connectivity index (χ4v) is 9.79. The van der Waals surface area contributed by atoms with Crippen molar-refractivity contribution in [1.29, 1.82) is 0 Å². The second kappa shape index (κ2) is 7.48. The molecule has 0 aromatic carbocycles. The standard InChI is InChI=1S/C25H35N5O3S/c1-14-7-23(2,3)13-25(8-14)20(32)30(22(33)27-25)12-18(31)26-21-29-28-19(34-21)24-9-15-4-16(10-24)6-17(5-15)11-24/h14-17H,4-13H2,1-3H3,(H,27,33)(H,26,29,31). The summed E-state index contributed by atoms with van der Waals surface area (Å²) < 4.78 is 0. The molecule has 1 aromatic heterocycles. The summed E-state index contributed by atoms with van der Waals surface area (Å²) in [6.07, 6.45) is 9.91. The molecule has 2 unspecified atom stereocenters. The second-order valence-electron chi connectivity index (χ2n) is 12.9. The van der Waals surface area contributed by atoms with Crippen LogP contribution in [0.4, 0.5) is 9.93 Å². The maximum absolute atomic E-state index is 13.3. The zero-order valence-corrected chi connectivity index (χ0v) is 21.2. The molecule has 5 aliphatic carbocycles. The highest BCUT2D eigenvalue weighted by Crippen LogP contribution is 2.61. The highest BCUT2D eigenvalue weighted by molar-refractivity contribution is 7.15. The van der Waals surface area contributed by atoms with Gasteiger partial charge < -0.3 is 5.32 Å². The monoisotopic (exact) mass is 485 g/mol. The van der Waals surface area contributed by atoms with Gasteiger partial charge >= 0.3 is 6.03 Å². The first kappa shape index (κ1) is 22.4. The first-order valence-corrected chi connectivity index (χ1v) is 13.6. The fraction of sp³-hybridized carbons (Fsp3) is 0.800. The Morgan fingerprint density at radius 3 is 2.32 bits per heavy atom. The van der Waals surface area contributed by atoms with Crippen molar-refractivity contribution in [2.24, 2.45) is 29.1 Å². The quantitative estimate of drug-likeness (QED) is 0.626. The molecule has 4 amide bonds. The minimum atomic E-state index is -0.896. The number of hydrogen-bond donors (Lipinski definition) is 2. The molecule has 5 saturated carbocycles. The van der Waals surface area contributed by atoms with Crippen LogP contribution in [0, 0.1) is 29.1 Å². The maximum Gasteiger partial charge on any atom is 0.325 e. The highest BCUT2D eigenvalue weighted by Gasteiger charge is 2.56. The molecule has 184 valence electrons. The van der Waals surface area contributed by atoms with Gasteiger partial charge in [-0.2, -0.15) is 0 Å². The molecule has 1 saturated heterocycles. The molecule has 0 radical (unpaired) electrons. The average molecular weight is 486 g/mol. The van der Waals surface area contributed by atoms with Crippen molar-refractivity contribution in [2.75, 3.05) is 11.9 Å². The maximum atomic E-state index is 13.3. The van der Waals surface area contributed by atoms with Crippen molar-refractivity contribution in [3.05, 3.63) is 5.01 Å². The largest absolute Gasteiger partial charge is 0.325 e. The average Bonchev–Trinajstić information content (AvgIpc) is 3.25. The van der Waals surface area contributed by atoms with Crippen LogP contribution in [0.15, 0.2) is 0 Å². The van der Waals surface area contributed by atoms with Crippen LogP contribution in [0.25, 0.3) is 0 Å². The van der Waals surface area contributed by atoms with E-state index in [1.807, 2.05) is 0 Å². The van der Waals surface area contributed by atoms with Crippen LogP contribution < -0.4 is 10.6 Å². The van der Waals surface area contributed by atoms with Gasteiger partial charge in [0.1, 0.15) is 17.1 Å². The number of hydrogen-bond acceptors (Lipinski definition) is 6. The molecule has 6 fully saturated rings. The van der Waals surface area contributed by atoms with Crippen LogP contribution in [0.5, 0.6) is 0 Å². The number of urea groups is 1. The number of carbonyl (C=O) groups excluding carboxylic acids is 3. The summed E-state index contributed by atoms with van der Waals surface area (Å²) in [6, 6.07) is -0.475. The topological polar surface area (TPSA) is 104 Å². The molecule has 2 heterocycles. The van der Waals surface area contributed by atoms with E-state index in [2.05, 4.69) is 41.6 Å². The molecular weight excluding hydrogens is 450 g/mol. The molecule has 2 N–H and O–H groups in total. The molecule has 2 atom stereocenters. The molecule has 1 spiro atoms. The normalized spacial score (nSPS) is 40.1. The Morgan fingerprint density at radius 2 is 1.71 bits per heavy atom. The number of aromatic nitrogens is 2. The lowest BCUT2D eigenvalue weighted by Gasteiger charge is -2.55. The first-order valence-electron chi connectivity index (χ1n) is 12.8. The van der Waals surface area contributed by atoms with Crippen molar-refractivity contribution in [1.82, 2.24) is 20.4 Å². The summed E-state index contributed by atoms with van der Waals surface area (Å²) in [4.78, 5) is 39.9. The smallest absolute Gasteiger partial charge is 0.323 e. The summed E-state index contributed by atoms with van der Waals surface area (Å²) in [5.41, 5.74) is -0.802. The van der Waals surface area contributed by atoms with E-state index in [-0.39, 0.29) is 23.3 Å². The summed E-state index contributed by atoms with van der Waals surface area (Å²) in [7, 11) is 0. The third-order valence-corrected chi connectivity index (χ3v) is 10.2. The molecule has 1 aliphatic heterocycles. The lowest BCUT2D eigenvalue weighted by atomic mass is 9.50. The van der Waals surface area contributed by atoms with Gasteiger partial charge in [0.2, 0.25) is 11.0 Å². The molecule has 9 heteroatoms. The summed E-state index contributed by atoms with van der Waals surface area (Å²) in [5.74, 6) is 2.08. The van der Waals surface area contributed by atoms with Crippen LogP contribution >= 0.6 is 11.3 Å². The van der Waals surface area contributed by atoms with Gasteiger partial charge in [-0.1, -0.05) is 32.1 Å². The molecular formula is C25H35N5O3S. The number of anilines is 1. The highest BCUT2D eigenvalue weighted by atomic mass is 32.1. The zero-order valence-electron chi connectivity index (χ0n) is 20.4. The van der Waals surface area contributed by atoms with Crippen molar-refractivity contribution < 1.29 is 14.4 Å².